The number of hydrogen-bond donors (Lipinski definition) is 2. The van der Waals surface area contributed by atoms with Gasteiger partial charge in [-0.2, -0.15) is 0 Å². The molecule has 29 heavy (non-hydrogen) atoms. The predicted molar refractivity (Wildman–Crippen MR) is 112 cm³/mol. The highest BCUT2D eigenvalue weighted by atomic mass is 16.5. The molecule has 0 aliphatic heterocycles. The van der Waals surface area contributed by atoms with E-state index in [1.54, 1.807) is 21.3 Å². The summed E-state index contributed by atoms with van der Waals surface area (Å²) in [6, 6.07) is 11.7. The standard InChI is InChI=1S/C23H26N2O4/c1-27-16-5-6-19-17(13-16)18(14-25-19)23(9-10-23)22(26)24-11-8-15-4-7-20(28-2)21(12-15)29-3/h4-7,12-14,25H,8-11H2,1-3H3,(H,24,26). The summed E-state index contributed by atoms with van der Waals surface area (Å²) in [4.78, 5) is 16.3. The van der Waals surface area contributed by atoms with Crippen LogP contribution in [0, 0.1) is 0 Å². The number of hydrogen-bond acceptors (Lipinski definition) is 4. The first-order chi connectivity index (χ1) is 14.1. The number of methoxy groups -OCH3 is 3. The Morgan fingerprint density at radius 1 is 1.03 bits per heavy atom. The summed E-state index contributed by atoms with van der Waals surface area (Å²) in [5, 5.41) is 4.18. The molecule has 152 valence electrons. The summed E-state index contributed by atoms with van der Waals surface area (Å²) in [6.45, 7) is 0.571. The van der Waals surface area contributed by atoms with Gasteiger partial charge in [-0.15, -0.1) is 0 Å². The highest BCUT2D eigenvalue weighted by molar-refractivity contribution is 5.98. The minimum Gasteiger partial charge on any atom is -0.497 e. The van der Waals surface area contributed by atoms with Gasteiger partial charge in [-0.25, -0.2) is 0 Å². The third kappa shape index (κ3) is 3.50. The monoisotopic (exact) mass is 394 g/mol. The molecular formula is C23H26N2O4. The molecule has 0 bridgehead atoms. The number of aromatic amines is 1. The van der Waals surface area contributed by atoms with Gasteiger partial charge >= 0.3 is 0 Å². The van der Waals surface area contributed by atoms with Crippen LogP contribution in [0.5, 0.6) is 17.2 Å². The average Bonchev–Trinajstić information content (AvgIpc) is 3.46. The number of aromatic nitrogens is 1. The van der Waals surface area contributed by atoms with Crippen molar-refractivity contribution >= 4 is 16.8 Å². The minimum absolute atomic E-state index is 0.0849. The van der Waals surface area contributed by atoms with Gasteiger partial charge in [-0.3, -0.25) is 4.79 Å². The smallest absolute Gasteiger partial charge is 0.230 e. The van der Waals surface area contributed by atoms with Crippen LogP contribution >= 0.6 is 0 Å². The van der Waals surface area contributed by atoms with Crippen molar-refractivity contribution in [3.63, 3.8) is 0 Å². The lowest BCUT2D eigenvalue weighted by Crippen LogP contribution is -2.35. The Kier molecular flexibility index (Phi) is 5.09. The molecule has 1 aliphatic carbocycles. The van der Waals surface area contributed by atoms with Crippen molar-refractivity contribution in [2.45, 2.75) is 24.7 Å². The molecule has 4 rings (SSSR count). The van der Waals surface area contributed by atoms with Crippen LogP contribution in [0.15, 0.2) is 42.6 Å². The fourth-order valence-corrected chi connectivity index (χ4v) is 3.89. The molecular weight excluding hydrogens is 368 g/mol. The molecule has 0 atom stereocenters. The van der Waals surface area contributed by atoms with E-state index in [0.29, 0.717) is 18.0 Å². The molecule has 0 spiro atoms. The lowest BCUT2D eigenvalue weighted by atomic mass is 9.94. The zero-order valence-corrected chi connectivity index (χ0v) is 17.0. The van der Waals surface area contributed by atoms with E-state index in [1.165, 1.54) is 0 Å². The third-order valence-electron chi connectivity index (χ3n) is 5.74. The number of benzene rings is 2. The van der Waals surface area contributed by atoms with Crippen molar-refractivity contribution < 1.29 is 19.0 Å². The number of ether oxygens (including phenoxy) is 3. The van der Waals surface area contributed by atoms with Gasteiger partial charge in [-0.05, 0) is 60.7 Å². The molecule has 1 amide bonds. The van der Waals surface area contributed by atoms with Crippen molar-refractivity contribution in [3.8, 4) is 17.2 Å². The quantitative estimate of drug-likeness (QED) is 0.613. The van der Waals surface area contributed by atoms with E-state index < -0.39 is 5.41 Å². The van der Waals surface area contributed by atoms with Crippen LogP contribution in [0.2, 0.25) is 0 Å². The van der Waals surface area contributed by atoms with Gasteiger partial charge < -0.3 is 24.5 Å². The Morgan fingerprint density at radius 3 is 2.52 bits per heavy atom. The Bertz CT molecular complexity index is 1040. The zero-order chi connectivity index (χ0) is 20.4. The maximum absolute atomic E-state index is 13.0. The molecule has 1 heterocycles. The number of rotatable bonds is 8. The lowest BCUT2D eigenvalue weighted by Gasteiger charge is -2.15. The second-order valence-corrected chi connectivity index (χ2v) is 7.39. The fourth-order valence-electron chi connectivity index (χ4n) is 3.89. The average molecular weight is 394 g/mol. The molecule has 3 aromatic rings. The van der Waals surface area contributed by atoms with Crippen LogP contribution < -0.4 is 19.5 Å². The van der Waals surface area contributed by atoms with E-state index in [1.807, 2.05) is 42.6 Å². The van der Waals surface area contributed by atoms with Gasteiger partial charge in [0, 0.05) is 23.6 Å². The molecule has 0 unspecified atom stereocenters. The topological polar surface area (TPSA) is 72.6 Å². The Hall–Kier alpha value is -3.15. The first kappa shape index (κ1) is 19.2. The number of carbonyl (C=O) groups excluding carboxylic acids is 1. The number of fused-ring (bicyclic) bond motifs is 1. The normalized spacial score (nSPS) is 14.4. The van der Waals surface area contributed by atoms with Gasteiger partial charge in [0.05, 0.1) is 26.7 Å². The van der Waals surface area contributed by atoms with Crippen molar-refractivity contribution in [2.75, 3.05) is 27.9 Å². The van der Waals surface area contributed by atoms with E-state index >= 15 is 0 Å². The summed E-state index contributed by atoms with van der Waals surface area (Å²) in [7, 11) is 4.89. The van der Waals surface area contributed by atoms with Gasteiger partial charge in [0.15, 0.2) is 11.5 Å². The first-order valence-electron chi connectivity index (χ1n) is 9.76. The Morgan fingerprint density at radius 2 is 1.83 bits per heavy atom. The predicted octanol–water partition coefficient (Wildman–Crippen LogP) is 3.58. The summed E-state index contributed by atoms with van der Waals surface area (Å²) in [6.07, 6.45) is 4.41. The molecule has 2 N–H and O–H groups in total. The molecule has 6 nitrogen and oxygen atoms in total. The molecule has 1 saturated carbocycles. The summed E-state index contributed by atoms with van der Waals surface area (Å²) >= 11 is 0. The third-order valence-corrected chi connectivity index (χ3v) is 5.74. The fraction of sp³-hybridized carbons (Fsp3) is 0.348. The maximum Gasteiger partial charge on any atom is 0.230 e. The molecule has 0 saturated heterocycles. The van der Waals surface area contributed by atoms with E-state index in [0.717, 1.165) is 47.0 Å². The molecule has 1 aliphatic rings. The van der Waals surface area contributed by atoms with E-state index in [4.69, 9.17) is 14.2 Å². The number of H-pyrrole nitrogens is 1. The van der Waals surface area contributed by atoms with Crippen LogP contribution in [-0.4, -0.2) is 38.8 Å². The van der Waals surface area contributed by atoms with Gasteiger partial charge in [-0.1, -0.05) is 6.07 Å². The van der Waals surface area contributed by atoms with Crippen LogP contribution in [-0.2, 0) is 16.6 Å². The SMILES string of the molecule is COc1ccc2[nH]cc(C3(C(=O)NCCc4ccc(OC)c(OC)c4)CC3)c2c1. The largest absolute Gasteiger partial charge is 0.497 e. The van der Waals surface area contributed by atoms with Crippen molar-refractivity contribution in [2.24, 2.45) is 0 Å². The highest BCUT2D eigenvalue weighted by Crippen LogP contribution is 2.51. The number of amides is 1. The van der Waals surface area contributed by atoms with Gasteiger partial charge in [0.25, 0.3) is 0 Å². The van der Waals surface area contributed by atoms with E-state index in [-0.39, 0.29) is 5.91 Å². The Balaban J connectivity index is 1.45. The maximum atomic E-state index is 13.0. The summed E-state index contributed by atoms with van der Waals surface area (Å²) in [5.41, 5.74) is 2.72. The minimum atomic E-state index is -0.442. The van der Waals surface area contributed by atoms with Gasteiger partial charge in [0.2, 0.25) is 5.91 Å². The highest BCUT2D eigenvalue weighted by Gasteiger charge is 2.52. The lowest BCUT2D eigenvalue weighted by molar-refractivity contribution is -0.123. The second-order valence-electron chi connectivity index (χ2n) is 7.39. The first-order valence-corrected chi connectivity index (χ1v) is 9.76. The van der Waals surface area contributed by atoms with Crippen molar-refractivity contribution in [1.82, 2.24) is 10.3 Å². The molecule has 0 radical (unpaired) electrons. The van der Waals surface area contributed by atoms with Gasteiger partial charge in [0.1, 0.15) is 5.75 Å². The van der Waals surface area contributed by atoms with Crippen LogP contribution in [0.4, 0.5) is 0 Å². The number of carbonyl (C=O) groups is 1. The molecule has 1 fully saturated rings. The zero-order valence-electron chi connectivity index (χ0n) is 17.0. The summed E-state index contributed by atoms with van der Waals surface area (Å²) in [5.74, 6) is 2.28. The van der Waals surface area contributed by atoms with Crippen LogP contribution in [0.25, 0.3) is 10.9 Å². The second kappa shape index (κ2) is 7.70. The summed E-state index contributed by atoms with van der Waals surface area (Å²) < 4.78 is 16.0. The Labute approximate surface area is 170 Å². The van der Waals surface area contributed by atoms with E-state index in [2.05, 4.69) is 10.3 Å². The van der Waals surface area contributed by atoms with Crippen molar-refractivity contribution in [1.29, 1.82) is 0 Å². The number of nitrogens with one attached hydrogen (secondary N) is 2. The molecule has 2 aromatic carbocycles. The van der Waals surface area contributed by atoms with E-state index in [9.17, 15) is 4.79 Å². The van der Waals surface area contributed by atoms with Crippen LogP contribution in [0.1, 0.15) is 24.0 Å². The molecule has 1 aromatic heterocycles. The van der Waals surface area contributed by atoms with Crippen molar-refractivity contribution in [3.05, 3.63) is 53.7 Å². The van der Waals surface area contributed by atoms with Crippen LogP contribution in [0.3, 0.4) is 0 Å². The molecule has 6 heteroatoms.